The number of nitrogen functional groups attached to an aromatic ring is 1. The molecule has 1 saturated heterocycles. The first-order valence-electron chi connectivity index (χ1n) is 10.8. The van der Waals surface area contributed by atoms with Crippen molar-refractivity contribution in [2.75, 3.05) is 30.8 Å². The summed E-state index contributed by atoms with van der Waals surface area (Å²) in [4.78, 5) is 19.7. The fourth-order valence-electron chi connectivity index (χ4n) is 4.31. The Morgan fingerprint density at radius 2 is 2.06 bits per heavy atom. The van der Waals surface area contributed by atoms with Crippen LogP contribution in [0.25, 0.3) is 22.4 Å². The van der Waals surface area contributed by atoms with Gasteiger partial charge >= 0.3 is 0 Å². The Labute approximate surface area is 190 Å². The molecule has 1 aromatic carbocycles. The smallest absolute Gasteiger partial charge is 0.165 e. The largest absolute Gasteiger partial charge is 0.494 e. The molecule has 9 nitrogen and oxygen atoms in total. The number of methoxy groups -OCH3 is 1. The van der Waals surface area contributed by atoms with E-state index in [1.165, 1.54) is 19.5 Å². The second-order valence-corrected chi connectivity index (χ2v) is 8.20. The number of nitrogens with zero attached hydrogens (tertiary/aromatic N) is 6. The molecule has 0 unspecified atom stereocenters. The van der Waals surface area contributed by atoms with Gasteiger partial charge in [0.1, 0.15) is 11.8 Å². The predicted molar refractivity (Wildman–Crippen MR) is 124 cm³/mol. The third-order valence-electron chi connectivity index (χ3n) is 5.98. The second-order valence-electron chi connectivity index (χ2n) is 8.20. The molecule has 0 aliphatic carbocycles. The van der Waals surface area contributed by atoms with Crippen molar-refractivity contribution in [2.24, 2.45) is 5.73 Å². The number of imidazole rings is 1. The zero-order valence-electron chi connectivity index (χ0n) is 18.3. The van der Waals surface area contributed by atoms with E-state index in [-0.39, 0.29) is 11.8 Å². The number of fused-ring (bicyclic) bond motifs is 1. The highest BCUT2D eigenvalue weighted by molar-refractivity contribution is 5.81. The summed E-state index contributed by atoms with van der Waals surface area (Å²) in [5, 5.41) is 0. The van der Waals surface area contributed by atoms with E-state index in [1.54, 1.807) is 18.5 Å². The van der Waals surface area contributed by atoms with Crippen LogP contribution in [0.15, 0.2) is 43.1 Å². The molecule has 0 bridgehead atoms. The molecule has 0 saturated carbocycles. The average molecular weight is 449 g/mol. The Balaban J connectivity index is 1.58. The van der Waals surface area contributed by atoms with E-state index in [1.807, 2.05) is 16.8 Å². The van der Waals surface area contributed by atoms with E-state index >= 15 is 0 Å². The van der Waals surface area contributed by atoms with E-state index in [0.717, 1.165) is 37.2 Å². The molecule has 3 aromatic heterocycles. The van der Waals surface area contributed by atoms with Gasteiger partial charge in [0.15, 0.2) is 23.0 Å². The third-order valence-corrected chi connectivity index (χ3v) is 5.98. The predicted octanol–water partition coefficient (Wildman–Crippen LogP) is 2.59. The molecule has 4 aromatic rings. The summed E-state index contributed by atoms with van der Waals surface area (Å²) in [6.07, 6.45) is 7.00. The Kier molecular flexibility index (Phi) is 5.51. The van der Waals surface area contributed by atoms with Crippen LogP contribution >= 0.6 is 0 Å². The number of rotatable bonds is 5. The molecule has 1 fully saturated rings. The first-order valence-corrected chi connectivity index (χ1v) is 10.8. The van der Waals surface area contributed by atoms with Gasteiger partial charge < -0.3 is 25.7 Å². The van der Waals surface area contributed by atoms with Gasteiger partial charge in [0, 0.05) is 24.7 Å². The summed E-state index contributed by atoms with van der Waals surface area (Å²) in [5.41, 5.74) is 16.7. The number of hydrogen-bond donors (Lipinski definition) is 2. The minimum Gasteiger partial charge on any atom is -0.494 e. The zero-order chi connectivity index (χ0) is 22.9. The minimum absolute atomic E-state index is 0.114. The molecule has 10 heteroatoms. The normalized spacial score (nSPS) is 16.3. The van der Waals surface area contributed by atoms with E-state index in [2.05, 4.69) is 24.8 Å². The minimum atomic E-state index is -0.433. The summed E-state index contributed by atoms with van der Waals surface area (Å²) in [5.74, 6) is 0.0994. The van der Waals surface area contributed by atoms with Crippen molar-refractivity contribution in [3.63, 3.8) is 0 Å². The van der Waals surface area contributed by atoms with Crippen LogP contribution in [0.3, 0.4) is 0 Å². The Bertz CT molecular complexity index is 1310. The Morgan fingerprint density at radius 1 is 1.18 bits per heavy atom. The van der Waals surface area contributed by atoms with Gasteiger partial charge in [-0.3, -0.25) is 4.98 Å². The lowest BCUT2D eigenvalue weighted by atomic mass is 10.0. The van der Waals surface area contributed by atoms with Crippen molar-refractivity contribution in [1.29, 1.82) is 0 Å². The van der Waals surface area contributed by atoms with Gasteiger partial charge in [0.2, 0.25) is 0 Å². The van der Waals surface area contributed by atoms with Crippen LogP contribution in [-0.4, -0.2) is 50.7 Å². The van der Waals surface area contributed by atoms with Crippen molar-refractivity contribution in [2.45, 2.75) is 25.4 Å². The van der Waals surface area contributed by atoms with Gasteiger partial charge in [0.25, 0.3) is 0 Å². The zero-order valence-corrected chi connectivity index (χ0v) is 18.3. The fraction of sp³-hybridized carbons (Fsp3) is 0.304. The number of nitrogens with two attached hydrogens (primary N) is 2. The molecule has 1 atom stereocenters. The summed E-state index contributed by atoms with van der Waals surface area (Å²) < 4.78 is 21.3. The van der Waals surface area contributed by atoms with Crippen molar-refractivity contribution < 1.29 is 9.13 Å². The lowest BCUT2D eigenvalue weighted by Gasteiger charge is -2.34. The molecule has 170 valence electrons. The Hall–Kier alpha value is -3.79. The highest BCUT2D eigenvalue weighted by Gasteiger charge is 2.21. The molecule has 4 N–H and O–H groups in total. The molecule has 4 heterocycles. The van der Waals surface area contributed by atoms with Crippen molar-refractivity contribution in [1.82, 2.24) is 24.5 Å². The maximum absolute atomic E-state index is 14.4. The summed E-state index contributed by atoms with van der Waals surface area (Å²) >= 11 is 0. The maximum atomic E-state index is 14.4. The van der Waals surface area contributed by atoms with Crippen LogP contribution in [0, 0.1) is 5.82 Å². The second kappa shape index (κ2) is 8.62. The number of aromatic nitrogens is 5. The number of benzene rings is 1. The van der Waals surface area contributed by atoms with E-state index in [4.69, 9.17) is 16.2 Å². The molecule has 0 amide bonds. The maximum Gasteiger partial charge on any atom is 0.165 e. The van der Waals surface area contributed by atoms with Gasteiger partial charge in [-0.2, -0.15) is 0 Å². The lowest BCUT2D eigenvalue weighted by Crippen LogP contribution is -2.43. The van der Waals surface area contributed by atoms with Crippen molar-refractivity contribution in [3.05, 3.63) is 54.5 Å². The third kappa shape index (κ3) is 4.05. The van der Waals surface area contributed by atoms with Crippen LogP contribution in [0.4, 0.5) is 15.9 Å². The number of pyridine rings is 1. The standard InChI is InChI=1S/C23H25FN8O/c1-33-20-5-4-14(7-17(20)24)18-8-15(19(9-27-18)31-6-2-3-16(25)11-31)10-32-13-30-21-22(26)28-12-29-23(21)32/h4-5,7-9,12-13,16H,2-3,6,10-11,25H2,1H3,(H2,26,28,29)/t16-/m1/s1. The van der Waals surface area contributed by atoms with Crippen LogP contribution in [-0.2, 0) is 6.54 Å². The van der Waals surface area contributed by atoms with Crippen LogP contribution in [0.5, 0.6) is 5.75 Å². The first-order chi connectivity index (χ1) is 16.0. The topological polar surface area (TPSA) is 121 Å². The van der Waals surface area contributed by atoms with E-state index in [0.29, 0.717) is 34.8 Å². The number of ether oxygens (including phenoxy) is 1. The van der Waals surface area contributed by atoms with Gasteiger partial charge in [-0.25, -0.2) is 19.3 Å². The van der Waals surface area contributed by atoms with Gasteiger partial charge in [-0.05, 0) is 42.7 Å². The number of halogens is 1. The number of anilines is 2. The summed E-state index contributed by atoms with van der Waals surface area (Å²) in [7, 11) is 1.44. The van der Waals surface area contributed by atoms with Gasteiger partial charge in [-0.15, -0.1) is 0 Å². The summed E-state index contributed by atoms with van der Waals surface area (Å²) in [6, 6.07) is 6.93. The van der Waals surface area contributed by atoms with E-state index < -0.39 is 5.82 Å². The monoisotopic (exact) mass is 448 g/mol. The molecule has 1 aliphatic rings. The first kappa shape index (κ1) is 21.1. The van der Waals surface area contributed by atoms with Crippen molar-refractivity contribution >= 4 is 22.7 Å². The molecule has 0 radical (unpaired) electrons. The van der Waals surface area contributed by atoms with Gasteiger partial charge in [-0.1, -0.05) is 0 Å². The highest BCUT2D eigenvalue weighted by Crippen LogP contribution is 2.30. The summed E-state index contributed by atoms with van der Waals surface area (Å²) in [6.45, 7) is 2.14. The average Bonchev–Trinajstić information content (AvgIpc) is 3.23. The van der Waals surface area contributed by atoms with Gasteiger partial charge in [0.05, 0.1) is 37.6 Å². The Morgan fingerprint density at radius 3 is 2.85 bits per heavy atom. The number of piperidine rings is 1. The molecule has 1 aliphatic heterocycles. The number of hydrogen-bond acceptors (Lipinski definition) is 8. The molecule has 5 rings (SSSR count). The van der Waals surface area contributed by atoms with Crippen LogP contribution in [0.1, 0.15) is 18.4 Å². The highest BCUT2D eigenvalue weighted by atomic mass is 19.1. The van der Waals surface area contributed by atoms with Crippen molar-refractivity contribution in [3.8, 4) is 17.0 Å². The van der Waals surface area contributed by atoms with Crippen LogP contribution < -0.4 is 21.1 Å². The quantitative estimate of drug-likeness (QED) is 0.478. The fourth-order valence-corrected chi connectivity index (χ4v) is 4.31. The van der Waals surface area contributed by atoms with E-state index in [9.17, 15) is 4.39 Å². The molecular weight excluding hydrogens is 423 g/mol. The molecular formula is C23H25FN8O. The lowest BCUT2D eigenvalue weighted by molar-refractivity contribution is 0.386. The SMILES string of the molecule is COc1ccc(-c2cc(Cn3cnc4c(N)ncnc43)c(N3CCC[C@@H](N)C3)cn2)cc1F. The molecule has 0 spiro atoms. The molecule has 33 heavy (non-hydrogen) atoms. The van der Waals surface area contributed by atoms with Crippen LogP contribution in [0.2, 0.25) is 0 Å².